The van der Waals surface area contributed by atoms with Crippen LogP contribution in [0.2, 0.25) is 0 Å². The molecule has 0 saturated carbocycles. The van der Waals surface area contributed by atoms with E-state index in [2.05, 4.69) is 0 Å². The van der Waals surface area contributed by atoms with Gasteiger partial charge in [-0.25, -0.2) is 0 Å². The minimum Gasteiger partial charge on any atom is -0.275 e. The third-order valence-electron chi connectivity index (χ3n) is 1.52. The molecule has 1 heterocycles. The van der Waals surface area contributed by atoms with Crippen LogP contribution in [0.5, 0.6) is 0 Å². The van der Waals surface area contributed by atoms with Crippen molar-refractivity contribution in [3.05, 3.63) is 0 Å². The molecule has 0 aromatic carbocycles. The van der Waals surface area contributed by atoms with E-state index in [-0.39, 0.29) is 17.2 Å². The lowest BCUT2D eigenvalue weighted by atomic mass is 10.2. The summed E-state index contributed by atoms with van der Waals surface area (Å²) < 4.78 is 0. The number of hydrogen-bond acceptors (Lipinski definition) is 3. The molecule has 1 aliphatic heterocycles. The van der Waals surface area contributed by atoms with Crippen molar-refractivity contribution in [1.82, 2.24) is 4.90 Å². The monoisotopic (exact) mass is 159 g/mol. The normalized spacial score (nSPS) is 24.4. The molecule has 1 rings (SSSR count). The molecule has 10 heavy (non-hydrogen) atoms. The van der Waals surface area contributed by atoms with Crippen molar-refractivity contribution in [3.63, 3.8) is 0 Å². The summed E-state index contributed by atoms with van der Waals surface area (Å²) in [6, 6.07) is 0. The molecule has 3 nitrogen and oxygen atoms in total. The zero-order valence-electron chi connectivity index (χ0n) is 5.96. The van der Waals surface area contributed by atoms with Gasteiger partial charge in [0.05, 0.1) is 11.8 Å². The quantitative estimate of drug-likeness (QED) is 0.521. The van der Waals surface area contributed by atoms with E-state index in [1.807, 2.05) is 6.26 Å². The van der Waals surface area contributed by atoms with Crippen LogP contribution in [0, 0.1) is 0 Å². The summed E-state index contributed by atoms with van der Waals surface area (Å²) in [5, 5.41) is 0.102. The van der Waals surface area contributed by atoms with Crippen molar-refractivity contribution in [2.45, 2.75) is 18.7 Å². The molecule has 1 atom stereocenters. The standard InChI is InChI=1S/C6H9NO2S/c1-4(8)7-5(9)3-6(7)10-2/h6H,3H2,1-2H3/t6-/m1/s1. The molecule has 1 aliphatic rings. The number of rotatable bonds is 1. The van der Waals surface area contributed by atoms with Gasteiger partial charge in [0.25, 0.3) is 0 Å². The molecule has 0 bridgehead atoms. The summed E-state index contributed by atoms with van der Waals surface area (Å²) in [7, 11) is 0. The lowest BCUT2D eigenvalue weighted by Gasteiger charge is -2.36. The van der Waals surface area contributed by atoms with E-state index >= 15 is 0 Å². The Bertz CT molecular complexity index is 173. The number of imide groups is 1. The van der Waals surface area contributed by atoms with Crippen LogP contribution in [0.3, 0.4) is 0 Å². The first-order chi connectivity index (χ1) is 4.66. The van der Waals surface area contributed by atoms with Crippen molar-refractivity contribution in [3.8, 4) is 0 Å². The highest BCUT2D eigenvalue weighted by Crippen LogP contribution is 2.27. The molecular weight excluding hydrogens is 150 g/mol. The van der Waals surface area contributed by atoms with Crippen LogP contribution in [-0.4, -0.2) is 28.3 Å². The lowest BCUT2D eigenvalue weighted by molar-refractivity contribution is -0.152. The molecule has 0 radical (unpaired) electrons. The van der Waals surface area contributed by atoms with Crippen molar-refractivity contribution < 1.29 is 9.59 Å². The van der Waals surface area contributed by atoms with Crippen LogP contribution in [0.4, 0.5) is 0 Å². The van der Waals surface area contributed by atoms with Gasteiger partial charge in [0.1, 0.15) is 0 Å². The summed E-state index contributed by atoms with van der Waals surface area (Å²) >= 11 is 1.54. The van der Waals surface area contributed by atoms with Gasteiger partial charge in [-0.3, -0.25) is 14.5 Å². The molecule has 56 valence electrons. The molecule has 0 aromatic rings. The minimum atomic E-state index is -0.143. The Kier molecular flexibility index (Phi) is 1.99. The molecular formula is C6H9NO2S. The van der Waals surface area contributed by atoms with Gasteiger partial charge >= 0.3 is 0 Å². The Hall–Kier alpha value is -0.510. The zero-order chi connectivity index (χ0) is 7.72. The molecule has 0 N–H and O–H groups in total. The van der Waals surface area contributed by atoms with E-state index in [1.54, 1.807) is 0 Å². The first-order valence-electron chi connectivity index (χ1n) is 3.02. The van der Waals surface area contributed by atoms with Crippen LogP contribution < -0.4 is 0 Å². The third kappa shape index (κ3) is 1.03. The molecule has 0 aliphatic carbocycles. The Morgan fingerprint density at radius 1 is 1.80 bits per heavy atom. The van der Waals surface area contributed by atoms with Gasteiger partial charge in [0.2, 0.25) is 11.8 Å². The second kappa shape index (κ2) is 2.62. The van der Waals surface area contributed by atoms with Gasteiger partial charge in [-0.1, -0.05) is 0 Å². The molecule has 2 amide bonds. The molecule has 0 spiro atoms. The Balaban J connectivity index is 2.56. The van der Waals surface area contributed by atoms with E-state index in [0.29, 0.717) is 6.42 Å². The maximum atomic E-state index is 10.7. The van der Waals surface area contributed by atoms with Gasteiger partial charge < -0.3 is 0 Å². The van der Waals surface area contributed by atoms with Gasteiger partial charge in [0.15, 0.2) is 0 Å². The number of amides is 2. The average molecular weight is 159 g/mol. The number of β-lactam (4-membered cyclic amide) rings is 1. The summed E-state index contributed by atoms with van der Waals surface area (Å²) in [5.74, 6) is -0.192. The molecule has 1 fully saturated rings. The SMILES string of the molecule is CS[C@@H]1CC(=O)N1C(C)=O. The molecule has 4 heteroatoms. The highest BCUT2D eigenvalue weighted by atomic mass is 32.2. The maximum absolute atomic E-state index is 10.7. The van der Waals surface area contributed by atoms with Crippen LogP contribution in [-0.2, 0) is 9.59 Å². The number of nitrogens with zero attached hydrogens (tertiary/aromatic N) is 1. The van der Waals surface area contributed by atoms with Gasteiger partial charge in [-0.2, -0.15) is 0 Å². The average Bonchev–Trinajstić information content (AvgIpc) is 1.80. The minimum absolute atomic E-state index is 0.0492. The second-order valence-corrected chi connectivity index (χ2v) is 3.19. The van der Waals surface area contributed by atoms with Gasteiger partial charge in [-0.15, -0.1) is 11.8 Å². The Morgan fingerprint density at radius 3 is 2.60 bits per heavy atom. The number of likely N-dealkylation sites (tertiary alicyclic amines) is 1. The first-order valence-corrected chi connectivity index (χ1v) is 4.31. The molecule has 0 unspecified atom stereocenters. The fourth-order valence-corrected chi connectivity index (χ4v) is 1.74. The van der Waals surface area contributed by atoms with E-state index in [9.17, 15) is 9.59 Å². The maximum Gasteiger partial charge on any atom is 0.233 e. The van der Waals surface area contributed by atoms with E-state index in [1.165, 1.54) is 23.6 Å². The number of carbonyl (C=O) groups is 2. The molecule has 1 saturated heterocycles. The molecule has 0 aromatic heterocycles. The lowest BCUT2D eigenvalue weighted by Crippen LogP contribution is -2.52. The third-order valence-corrected chi connectivity index (χ3v) is 2.44. The van der Waals surface area contributed by atoms with Gasteiger partial charge in [-0.05, 0) is 6.26 Å². The number of thioether (sulfide) groups is 1. The van der Waals surface area contributed by atoms with Crippen LogP contribution in [0.25, 0.3) is 0 Å². The van der Waals surface area contributed by atoms with E-state index in [4.69, 9.17) is 0 Å². The van der Waals surface area contributed by atoms with Crippen molar-refractivity contribution >= 4 is 23.6 Å². The highest BCUT2D eigenvalue weighted by Gasteiger charge is 2.38. The van der Waals surface area contributed by atoms with Crippen molar-refractivity contribution in [2.75, 3.05) is 6.26 Å². The largest absolute Gasteiger partial charge is 0.275 e. The Labute approximate surface area is 63.8 Å². The predicted octanol–water partition coefficient (Wildman–Crippen LogP) is 0.454. The smallest absolute Gasteiger partial charge is 0.233 e. The Morgan fingerprint density at radius 2 is 2.40 bits per heavy atom. The van der Waals surface area contributed by atoms with Crippen LogP contribution in [0.15, 0.2) is 0 Å². The van der Waals surface area contributed by atoms with Crippen LogP contribution >= 0.6 is 11.8 Å². The second-order valence-electron chi connectivity index (χ2n) is 2.18. The summed E-state index contributed by atoms with van der Waals surface area (Å²) in [4.78, 5) is 22.7. The number of carbonyl (C=O) groups excluding carboxylic acids is 2. The van der Waals surface area contributed by atoms with Gasteiger partial charge in [0, 0.05) is 6.92 Å². The fraction of sp³-hybridized carbons (Fsp3) is 0.667. The summed E-state index contributed by atoms with van der Waals surface area (Å²) in [5.41, 5.74) is 0. The highest BCUT2D eigenvalue weighted by molar-refractivity contribution is 7.99. The fourth-order valence-electron chi connectivity index (χ4n) is 0.954. The first kappa shape index (κ1) is 7.60. The summed E-state index contributed by atoms with van der Waals surface area (Å²) in [6.45, 7) is 1.42. The van der Waals surface area contributed by atoms with Crippen molar-refractivity contribution in [2.24, 2.45) is 0 Å². The zero-order valence-corrected chi connectivity index (χ0v) is 6.77. The summed E-state index contributed by atoms with van der Waals surface area (Å²) in [6.07, 6.45) is 2.41. The predicted molar refractivity (Wildman–Crippen MR) is 39.4 cm³/mol. The van der Waals surface area contributed by atoms with E-state index in [0.717, 1.165) is 0 Å². The number of hydrogen-bond donors (Lipinski definition) is 0. The van der Waals surface area contributed by atoms with E-state index < -0.39 is 0 Å². The van der Waals surface area contributed by atoms with Crippen molar-refractivity contribution in [1.29, 1.82) is 0 Å². The van der Waals surface area contributed by atoms with Crippen LogP contribution in [0.1, 0.15) is 13.3 Å². The topological polar surface area (TPSA) is 37.4 Å².